The second-order valence-electron chi connectivity index (χ2n) is 4.13. The van der Waals surface area contributed by atoms with E-state index in [0.717, 1.165) is 0 Å². The molecule has 0 aromatic heterocycles. The van der Waals surface area contributed by atoms with Crippen molar-refractivity contribution in [2.24, 2.45) is 5.10 Å². The van der Waals surface area contributed by atoms with E-state index in [-0.39, 0.29) is 12.0 Å². The van der Waals surface area contributed by atoms with Gasteiger partial charge in [-0.3, -0.25) is 4.79 Å². The fourth-order valence-corrected chi connectivity index (χ4v) is 1.63. The van der Waals surface area contributed by atoms with Crippen molar-refractivity contribution in [3.8, 4) is 11.5 Å². The van der Waals surface area contributed by atoms with E-state index in [4.69, 9.17) is 21.1 Å². The first kappa shape index (κ1) is 15.3. The molecule has 0 atom stereocenters. The number of methoxy groups -OCH3 is 1. The number of hydrogen-bond donors (Lipinski definition) is 1. The molecule has 0 aliphatic carbocycles. The van der Waals surface area contributed by atoms with Gasteiger partial charge in [0.15, 0.2) is 11.5 Å². The summed E-state index contributed by atoms with van der Waals surface area (Å²) >= 11 is 6.14. The lowest BCUT2D eigenvalue weighted by Gasteiger charge is -2.15. The van der Waals surface area contributed by atoms with Crippen LogP contribution in [0.15, 0.2) is 17.2 Å². The summed E-state index contributed by atoms with van der Waals surface area (Å²) in [5, 5.41) is 4.20. The molecule has 0 aliphatic heterocycles. The lowest BCUT2D eigenvalue weighted by molar-refractivity contribution is -0.118. The van der Waals surface area contributed by atoms with Gasteiger partial charge in [0.05, 0.1) is 24.5 Å². The summed E-state index contributed by atoms with van der Waals surface area (Å²) in [4.78, 5) is 10.7. The van der Waals surface area contributed by atoms with Gasteiger partial charge in [-0.25, -0.2) is 5.43 Å². The highest BCUT2D eigenvalue weighted by molar-refractivity contribution is 6.32. The Kier molecular flexibility index (Phi) is 5.63. The molecule has 0 radical (unpaired) electrons. The van der Waals surface area contributed by atoms with Crippen LogP contribution in [0.25, 0.3) is 0 Å². The van der Waals surface area contributed by atoms with E-state index in [2.05, 4.69) is 10.5 Å². The van der Waals surface area contributed by atoms with Crippen molar-refractivity contribution in [3.05, 3.63) is 22.7 Å². The molecular formula is C13H17ClN2O3. The molecule has 0 heterocycles. The number of nitrogens with zero attached hydrogens (tertiary/aromatic N) is 1. The maximum atomic E-state index is 10.7. The third-order valence-electron chi connectivity index (χ3n) is 2.04. The minimum atomic E-state index is -0.242. The molecule has 1 rings (SSSR count). The van der Waals surface area contributed by atoms with E-state index >= 15 is 0 Å². The highest BCUT2D eigenvalue weighted by Gasteiger charge is 2.12. The van der Waals surface area contributed by atoms with Crippen LogP contribution >= 0.6 is 11.6 Å². The highest BCUT2D eigenvalue weighted by atomic mass is 35.5. The highest BCUT2D eigenvalue weighted by Crippen LogP contribution is 2.36. The third-order valence-corrected chi connectivity index (χ3v) is 2.32. The third kappa shape index (κ3) is 4.79. The molecule has 104 valence electrons. The number of carbonyl (C=O) groups is 1. The first-order valence-corrected chi connectivity index (χ1v) is 6.15. The predicted molar refractivity (Wildman–Crippen MR) is 75.2 cm³/mol. The molecular weight excluding hydrogens is 268 g/mol. The number of hydrogen-bond acceptors (Lipinski definition) is 4. The summed E-state index contributed by atoms with van der Waals surface area (Å²) in [5.41, 5.74) is 3.01. The molecule has 1 N–H and O–H groups in total. The molecule has 0 saturated heterocycles. The Balaban J connectivity index is 3.01. The maximum Gasteiger partial charge on any atom is 0.236 e. The largest absolute Gasteiger partial charge is 0.493 e. The van der Waals surface area contributed by atoms with Gasteiger partial charge in [0.1, 0.15) is 0 Å². The number of carbonyl (C=O) groups excluding carboxylic acids is 1. The van der Waals surface area contributed by atoms with Crippen LogP contribution in [0.4, 0.5) is 0 Å². The van der Waals surface area contributed by atoms with Gasteiger partial charge < -0.3 is 9.47 Å². The van der Waals surface area contributed by atoms with Crippen molar-refractivity contribution in [3.63, 3.8) is 0 Å². The summed E-state index contributed by atoms with van der Waals surface area (Å²) in [7, 11) is 1.54. The van der Waals surface area contributed by atoms with E-state index in [1.807, 2.05) is 13.8 Å². The quantitative estimate of drug-likeness (QED) is 0.668. The molecule has 6 heteroatoms. The average molecular weight is 285 g/mol. The standard InChI is InChI=1S/C13H17ClN2O3/c1-8(2)19-13-11(14)5-10(6-12(13)18-4)7-15-16-9(3)17/h5-8H,1-4H3,(H,16,17). The summed E-state index contributed by atoms with van der Waals surface area (Å²) in [5.74, 6) is 0.774. The van der Waals surface area contributed by atoms with Crippen molar-refractivity contribution in [1.82, 2.24) is 5.43 Å². The molecule has 0 aliphatic rings. The summed E-state index contributed by atoms with van der Waals surface area (Å²) in [6.45, 7) is 5.19. The molecule has 0 spiro atoms. The van der Waals surface area contributed by atoms with Gasteiger partial charge in [-0.15, -0.1) is 0 Å². The molecule has 1 amide bonds. The smallest absolute Gasteiger partial charge is 0.236 e. The van der Waals surface area contributed by atoms with Gasteiger partial charge in [0.25, 0.3) is 0 Å². The number of amides is 1. The first-order chi connectivity index (χ1) is 8.93. The zero-order chi connectivity index (χ0) is 14.4. The van der Waals surface area contributed by atoms with Crippen LogP contribution in [0, 0.1) is 0 Å². The lowest BCUT2D eigenvalue weighted by Crippen LogP contribution is -2.12. The van der Waals surface area contributed by atoms with Crippen molar-refractivity contribution < 1.29 is 14.3 Å². The summed E-state index contributed by atoms with van der Waals surface area (Å²) in [6, 6.07) is 3.42. The molecule has 1 aromatic rings. The Morgan fingerprint density at radius 3 is 2.68 bits per heavy atom. The number of rotatable bonds is 5. The fourth-order valence-electron chi connectivity index (χ4n) is 1.36. The Morgan fingerprint density at radius 1 is 1.47 bits per heavy atom. The Hall–Kier alpha value is -1.75. The SMILES string of the molecule is COc1cc(C=NNC(C)=O)cc(Cl)c1OC(C)C. The van der Waals surface area contributed by atoms with E-state index in [1.165, 1.54) is 20.2 Å². The molecule has 19 heavy (non-hydrogen) atoms. The van der Waals surface area contributed by atoms with Gasteiger partial charge in [0.2, 0.25) is 5.91 Å². The van der Waals surface area contributed by atoms with E-state index in [0.29, 0.717) is 22.1 Å². The number of benzene rings is 1. The Labute approximate surface area is 117 Å². The second-order valence-corrected chi connectivity index (χ2v) is 4.53. The monoisotopic (exact) mass is 284 g/mol. The lowest BCUT2D eigenvalue weighted by atomic mass is 10.2. The fraction of sp³-hybridized carbons (Fsp3) is 0.385. The van der Waals surface area contributed by atoms with Gasteiger partial charge in [-0.05, 0) is 31.5 Å². The van der Waals surface area contributed by atoms with Gasteiger partial charge in [-0.2, -0.15) is 5.10 Å². The van der Waals surface area contributed by atoms with Crippen LogP contribution in [0.5, 0.6) is 11.5 Å². The van der Waals surface area contributed by atoms with Gasteiger partial charge in [-0.1, -0.05) is 11.6 Å². The topological polar surface area (TPSA) is 59.9 Å². The number of ether oxygens (including phenoxy) is 2. The molecule has 5 nitrogen and oxygen atoms in total. The predicted octanol–water partition coefficient (Wildman–Crippen LogP) is 2.61. The van der Waals surface area contributed by atoms with Gasteiger partial charge in [0, 0.05) is 6.92 Å². The minimum Gasteiger partial charge on any atom is -0.493 e. The Morgan fingerprint density at radius 2 is 2.16 bits per heavy atom. The number of halogens is 1. The van der Waals surface area contributed by atoms with E-state index in [9.17, 15) is 4.79 Å². The van der Waals surface area contributed by atoms with Crippen molar-refractivity contribution >= 4 is 23.7 Å². The number of hydrazone groups is 1. The van der Waals surface area contributed by atoms with Crippen LogP contribution in [0.1, 0.15) is 26.3 Å². The van der Waals surface area contributed by atoms with Crippen molar-refractivity contribution in [2.45, 2.75) is 26.9 Å². The maximum absolute atomic E-state index is 10.7. The Bertz CT molecular complexity index is 487. The molecule has 0 bridgehead atoms. The molecule has 1 aromatic carbocycles. The zero-order valence-electron chi connectivity index (χ0n) is 11.4. The van der Waals surface area contributed by atoms with Crippen LogP contribution in [-0.4, -0.2) is 25.3 Å². The van der Waals surface area contributed by atoms with Crippen LogP contribution < -0.4 is 14.9 Å². The zero-order valence-corrected chi connectivity index (χ0v) is 12.1. The molecule has 0 unspecified atom stereocenters. The van der Waals surface area contributed by atoms with Crippen molar-refractivity contribution in [2.75, 3.05) is 7.11 Å². The van der Waals surface area contributed by atoms with E-state index < -0.39 is 0 Å². The first-order valence-electron chi connectivity index (χ1n) is 5.78. The number of nitrogens with one attached hydrogen (secondary N) is 1. The van der Waals surface area contributed by atoms with Crippen LogP contribution in [-0.2, 0) is 4.79 Å². The minimum absolute atomic E-state index is 0.00898. The van der Waals surface area contributed by atoms with Gasteiger partial charge >= 0.3 is 0 Å². The van der Waals surface area contributed by atoms with Crippen molar-refractivity contribution in [1.29, 1.82) is 0 Å². The van der Waals surface area contributed by atoms with E-state index in [1.54, 1.807) is 12.1 Å². The van der Waals surface area contributed by atoms with Crippen LogP contribution in [0.2, 0.25) is 5.02 Å². The van der Waals surface area contributed by atoms with Crippen LogP contribution in [0.3, 0.4) is 0 Å². The average Bonchev–Trinajstić information content (AvgIpc) is 2.31. The molecule has 0 fully saturated rings. The summed E-state index contributed by atoms with van der Waals surface area (Å²) < 4.78 is 10.8. The summed E-state index contributed by atoms with van der Waals surface area (Å²) in [6.07, 6.45) is 1.47. The normalized spacial score (nSPS) is 10.8. The second kappa shape index (κ2) is 6.99. The molecule has 0 saturated carbocycles.